The van der Waals surface area contributed by atoms with Crippen LogP contribution in [0.2, 0.25) is 0 Å². The first-order chi connectivity index (χ1) is 9.75. The molecular weight excluding hydrogens is 250 g/mol. The molecule has 2 fully saturated rings. The molecule has 1 spiro atoms. The van der Waals surface area contributed by atoms with Gasteiger partial charge in [-0.2, -0.15) is 0 Å². The predicted octanol–water partition coefficient (Wildman–Crippen LogP) is 3.18. The monoisotopic (exact) mass is 271 g/mol. The first-order valence-electron chi connectivity index (χ1n) is 7.31. The van der Waals surface area contributed by atoms with E-state index in [2.05, 4.69) is 17.3 Å². The summed E-state index contributed by atoms with van der Waals surface area (Å²) in [7, 11) is 0. The number of carbonyl (C=O) groups is 1. The highest BCUT2D eigenvalue weighted by molar-refractivity contribution is 5.93. The minimum atomic E-state index is -0.306. The van der Waals surface area contributed by atoms with Crippen LogP contribution in [0.15, 0.2) is 43.0 Å². The number of rotatable bonds is 3. The summed E-state index contributed by atoms with van der Waals surface area (Å²) >= 11 is 0. The first kappa shape index (κ1) is 13.2. The maximum atomic E-state index is 12.3. The van der Waals surface area contributed by atoms with Crippen LogP contribution in [0, 0.1) is 5.92 Å². The number of allylic oxidation sites excluding steroid dienone is 1. The molecule has 1 aliphatic heterocycles. The Morgan fingerprint density at radius 1 is 1.35 bits per heavy atom. The molecule has 2 aliphatic rings. The van der Waals surface area contributed by atoms with Crippen LogP contribution in [0.3, 0.4) is 0 Å². The molecule has 106 valence electrons. The third kappa shape index (κ3) is 2.20. The molecule has 0 unspecified atom stereocenters. The van der Waals surface area contributed by atoms with Crippen molar-refractivity contribution in [2.75, 3.05) is 5.01 Å². The molecule has 1 aromatic rings. The molecule has 20 heavy (non-hydrogen) atoms. The normalized spacial score (nSPS) is 29.5. The van der Waals surface area contributed by atoms with Crippen molar-refractivity contribution in [3.05, 3.63) is 43.0 Å². The van der Waals surface area contributed by atoms with Crippen LogP contribution in [-0.2, 0) is 0 Å². The largest absolute Gasteiger partial charge is 0.338 e. The van der Waals surface area contributed by atoms with Gasteiger partial charge >= 0.3 is 6.03 Å². The van der Waals surface area contributed by atoms with E-state index < -0.39 is 0 Å². The molecule has 1 aromatic carbocycles. The molecule has 1 aliphatic carbocycles. The Labute approximate surface area is 119 Å². The summed E-state index contributed by atoms with van der Waals surface area (Å²) in [5.74, 6) is 0.409. The fraction of sp³-hybridized carbons (Fsp3) is 0.438. The third-order valence-corrected chi connectivity index (χ3v) is 4.38. The number of para-hydroxylation sites is 1. The van der Waals surface area contributed by atoms with Gasteiger partial charge in [0.2, 0.25) is 0 Å². The van der Waals surface area contributed by atoms with Gasteiger partial charge in [0, 0.05) is 5.92 Å². The summed E-state index contributed by atoms with van der Waals surface area (Å²) in [6, 6.07) is 9.66. The maximum Gasteiger partial charge on any atom is 0.338 e. The quantitative estimate of drug-likeness (QED) is 0.829. The van der Waals surface area contributed by atoms with Gasteiger partial charge in [0.25, 0.3) is 0 Å². The summed E-state index contributed by atoms with van der Waals surface area (Å²) in [5.41, 5.74) is 4.01. The van der Waals surface area contributed by atoms with Crippen molar-refractivity contribution in [1.29, 1.82) is 0 Å². The van der Waals surface area contributed by atoms with Gasteiger partial charge < -0.3 is 5.32 Å². The number of hydrogen-bond acceptors (Lipinski definition) is 2. The van der Waals surface area contributed by atoms with E-state index >= 15 is 0 Å². The Hall–Kier alpha value is -1.81. The lowest BCUT2D eigenvalue weighted by Gasteiger charge is -2.40. The van der Waals surface area contributed by atoms with Crippen molar-refractivity contribution in [2.24, 2.45) is 5.92 Å². The van der Waals surface area contributed by atoms with Crippen LogP contribution in [0.25, 0.3) is 0 Å². The van der Waals surface area contributed by atoms with Gasteiger partial charge in [0.05, 0.1) is 5.69 Å². The highest BCUT2D eigenvalue weighted by Crippen LogP contribution is 2.37. The number of benzene rings is 1. The fourth-order valence-corrected chi connectivity index (χ4v) is 3.36. The lowest BCUT2D eigenvalue weighted by molar-refractivity contribution is 0.141. The number of urea groups is 1. The van der Waals surface area contributed by atoms with Crippen LogP contribution >= 0.6 is 0 Å². The standard InChI is InChI=1S/C16H21N3O/c1-2-8-13-9-6-7-12-16(13)17-15(20)19(18-16)14-10-4-3-5-11-14/h2-5,10-11,13,18H,1,6-9,12H2,(H,17,20)/t13-,16-/m0/s1. The van der Waals surface area contributed by atoms with Gasteiger partial charge in [-0.25, -0.2) is 15.2 Å². The lowest BCUT2D eigenvalue weighted by Crippen LogP contribution is -2.58. The third-order valence-electron chi connectivity index (χ3n) is 4.38. The molecule has 0 radical (unpaired) electrons. The van der Waals surface area contributed by atoms with Crippen molar-refractivity contribution >= 4 is 11.7 Å². The highest BCUT2D eigenvalue weighted by atomic mass is 16.2. The fourth-order valence-electron chi connectivity index (χ4n) is 3.36. The molecule has 0 aromatic heterocycles. The van der Waals surface area contributed by atoms with Crippen molar-refractivity contribution in [1.82, 2.24) is 10.7 Å². The van der Waals surface area contributed by atoms with Crippen molar-refractivity contribution in [3.8, 4) is 0 Å². The maximum absolute atomic E-state index is 12.3. The molecular formula is C16H21N3O. The average molecular weight is 271 g/mol. The number of carbonyl (C=O) groups excluding carboxylic acids is 1. The average Bonchev–Trinajstić information content (AvgIpc) is 2.80. The lowest BCUT2D eigenvalue weighted by atomic mass is 9.77. The van der Waals surface area contributed by atoms with Gasteiger partial charge in [-0.1, -0.05) is 30.7 Å². The smallest absolute Gasteiger partial charge is 0.317 e. The molecule has 1 saturated heterocycles. The molecule has 4 heteroatoms. The molecule has 0 bridgehead atoms. The van der Waals surface area contributed by atoms with Crippen molar-refractivity contribution in [3.63, 3.8) is 0 Å². The molecule has 1 heterocycles. The van der Waals surface area contributed by atoms with Crippen LogP contribution in [-0.4, -0.2) is 11.7 Å². The summed E-state index contributed by atoms with van der Waals surface area (Å²) in [6.07, 6.45) is 7.35. The van der Waals surface area contributed by atoms with E-state index in [1.807, 2.05) is 36.4 Å². The van der Waals surface area contributed by atoms with Crippen molar-refractivity contribution < 1.29 is 4.79 Å². The Morgan fingerprint density at radius 2 is 2.15 bits per heavy atom. The zero-order valence-corrected chi connectivity index (χ0v) is 11.6. The topological polar surface area (TPSA) is 44.4 Å². The van der Waals surface area contributed by atoms with E-state index in [1.54, 1.807) is 5.01 Å². The number of hydrazine groups is 1. The number of anilines is 1. The van der Waals surface area contributed by atoms with Gasteiger partial charge in [-0.15, -0.1) is 6.58 Å². The molecule has 1 saturated carbocycles. The number of hydrogen-bond donors (Lipinski definition) is 2. The second-order valence-corrected chi connectivity index (χ2v) is 5.65. The van der Waals surface area contributed by atoms with E-state index in [0.29, 0.717) is 5.92 Å². The number of amides is 2. The van der Waals surface area contributed by atoms with E-state index in [4.69, 9.17) is 0 Å². The predicted molar refractivity (Wildman–Crippen MR) is 80.1 cm³/mol. The second kappa shape index (κ2) is 5.29. The van der Waals surface area contributed by atoms with Gasteiger partial charge in [0.1, 0.15) is 5.66 Å². The van der Waals surface area contributed by atoms with E-state index in [1.165, 1.54) is 6.42 Å². The van der Waals surface area contributed by atoms with Crippen LogP contribution < -0.4 is 15.8 Å². The Balaban J connectivity index is 1.85. The summed E-state index contributed by atoms with van der Waals surface area (Å²) < 4.78 is 0. The molecule has 4 nitrogen and oxygen atoms in total. The van der Waals surface area contributed by atoms with Gasteiger partial charge in [-0.05, 0) is 37.8 Å². The zero-order chi connectivity index (χ0) is 14.0. The second-order valence-electron chi connectivity index (χ2n) is 5.65. The number of nitrogens with one attached hydrogen (secondary N) is 2. The molecule has 3 rings (SSSR count). The first-order valence-corrected chi connectivity index (χ1v) is 7.31. The summed E-state index contributed by atoms with van der Waals surface area (Å²) in [5, 5.41) is 4.82. The van der Waals surface area contributed by atoms with E-state index in [9.17, 15) is 4.79 Å². The van der Waals surface area contributed by atoms with Gasteiger partial charge in [-0.3, -0.25) is 0 Å². The molecule has 2 atom stereocenters. The highest BCUT2D eigenvalue weighted by Gasteiger charge is 2.48. The van der Waals surface area contributed by atoms with E-state index in [-0.39, 0.29) is 11.7 Å². The van der Waals surface area contributed by atoms with Crippen LogP contribution in [0.1, 0.15) is 32.1 Å². The minimum absolute atomic E-state index is 0.0628. The minimum Gasteiger partial charge on any atom is -0.317 e. The molecule has 2 amide bonds. The van der Waals surface area contributed by atoms with E-state index in [0.717, 1.165) is 31.4 Å². The van der Waals surface area contributed by atoms with Crippen LogP contribution in [0.4, 0.5) is 10.5 Å². The summed E-state index contributed by atoms with van der Waals surface area (Å²) in [6.45, 7) is 3.85. The summed E-state index contributed by atoms with van der Waals surface area (Å²) in [4.78, 5) is 12.3. The number of nitrogens with zero attached hydrogens (tertiary/aromatic N) is 1. The van der Waals surface area contributed by atoms with Crippen LogP contribution in [0.5, 0.6) is 0 Å². The van der Waals surface area contributed by atoms with Crippen molar-refractivity contribution in [2.45, 2.75) is 37.8 Å². The SMILES string of the molecule is C=CC[C@H]1CCCC[C@@]12NC(=O)N(c1ccccc1)N2. The van der Waals surface area contributed by atoms with Gasteiger partial charge in [0.15, 0.2) is 0 Å². The Bertz CT molecular complexity index is 502. The molecule has 2 N–H and O–H groups in total. The Morgan fingerprint density at radius 3 is 2.90 bits per heavy atom. The Kier molecular flexibility index (Phi) is 3.49. The zero-order valence-electron chi connectivity index (χ0n) is 11.6.